The van der Waals surface area contributed by atoms with Crippen LogP contribution in [0.15, 0.2) is 0 Å². The lowest BCUT2D eigenvalue weighted by Gasteiger charge is -2.35. The van der Waals surface area contributed by atoms with E-state index in [1.165, 1.54) is 6.92 Å². The first-order chi connectivity index (χ1) is 6.56. The molecule has 0 saturated carbocycles. The molecule has 1 fully saturated rings. The van der Waals surface area contributed by atoms with Crippen LogP contribution in [-0.4, -0.2) is 52.3 Å². The first kappa shape index (κ1) is 11.4. The summed E-state index contributed by atoms with van der Waals surface area (Å²) < 4.78 is 9.52. The van der Waals surface area contributed by atoms with Gasteiger partial charge in [-0.3, -0.25) is 4.79 Å². The van der Waals surface area contributed by atoms with Crippen LogP contribution in [0.5, 0.6) is 0 Å². The fraction of sp³-hybridized carbons (Fsp3) is 0.750. The highest BCUT2D eigenvalue weighted by Gasteiger charge is 2.40. The normalized spacial score (nSPS) is 38.0. The van der Waals surface area contributed by atoms with Gasteiger partial charge in [0.2, 0.25) is 0 Å². The largest absolute Gasteiger partial charge is 0.457 e. The van der Waals surface area contributed by atoms with E-state index in [4.69, 9.17) is 9.84 Å². The summed E-state index contributed by atoms with van der Waals surface area (Å²) >= 11 is 0. The minimum atomic E-state index is -1.27. The Hall–Kier alpha value is -0.690. The van der Waals surface area contributed by atoms with Gasteiger partial charge in [0.05, 0.1) is 6.61 Å². The van der Waals surface area contributed by atoms with Crippen molar-refractivity contribution in [1.29, 1.82) is 0 Å². The number of carbonyl (C=O) groups is 1. The molecule has 0 aromatic rings. The van der Waals surface area contributed by atoms with Crippen LogP contribution in [0.25, 0.3) is 0 Å². The molecule has 0 spiro atoms. The van der Waals surface area contributed by atoms with E-state index in [1.807, 2.05) is 0 Å². The van der Waals surface area contributed by atoms with Crippen molar-refractivity contribution in [2.45, 2.75) is 31.3 Å². The van der Waals surface area contributed by atoms with Crippen molar-refractivity contribution in [2.24, 2.45) is 0 Å². The summed E-state index contributed by atoms with van der Waals surface area (Å²) in [6.07, 6.45) is -4.42. The van der Waals surface area contributed by atoms with Crippen molar-refractivity contribution in [1.82, 2.24) is 0 Å². The van der Waals surface area contributed by atoms with Gasteiger partial charge in [-0.25, -0.2) is 0 Å². The molecule has 1 aliphatic rings. The number of ether oxygens (including phenoxy) is 2. The third-order valence-corrected chi connectivity index (χ3v) is 1.94. The molecule has 1 saturated heterocycles. The molecule has 0 aliphatic carbocycles. The summed E-state index contributed by atoms with van der Waals surface area (Å²) in [6.45, 7) is 1.87. The van der Waals surface area contributed by atoms with Gasteiger partial charge in [0.15, 0.2) is 6.10 Å². The fourth-order valence-electron chi connectivity index (χ4n) is 1.19. The number of aliphatic hydroxyl groups is 3. The van der Waals surface area contributed by atoms with E-state index in [1.54, 1.807) is 0 Å². The van der Waals surface area contributed by atoms with Gasteiger partial charge in [-0.05, 0) is 0 Å². The molecule has 0 aromatic heterocycles. The second-order valence-corrected chi connectivity index (χ2v) is 3.05. The van der Waals surface area contributed by atoms with Crippen LogP contribution in [0.3, 0.4) is 0 Å². The first-order valence-corrected chi connectivity index (χ1v) is 4.19. The van der Waals surface area contributed by atoms with Crippen LogP contribution in [0.1, 0.15) is 6.92 Å². The molecule has 4 atom stereocenters. The van der Waals surface area contributed by atoms with Crippen molar-refractivity contribution in [3.8, 4) is 0 Å². The minimum absolute atomic E-state index is 0.415. The summed E-state index contributed by atoms with van der Waals surface area (Å²) in [5.41, 5.74) is 0. The van der Waals surface area contributed by atoms with E-state index in [2.05, 4.69) is 4.74 Å². The Morgan fingerprint density at radius 3 is 2.64 bits per heavy atom. The van der Waals surface area contributed by atoms with Crippen LogP contribution < -0.4 is 0 Å². The van der Waals surface area contributed by atoms with Gasteiger partial charge in [0.1, 0.15) is 24.9 Å². The van der Waals surface area contributed by atoms with Gasteiger partial charge in [-0.15, -0.1) is 0 Å². The third kappa shape index (κ3) is 2.42. The number of rotatable bonds is 2. The van der Waals surface area contributed by atoms with Crippen molar-refractivity contribution in [3.63, 3.8) is 0 Å². The molecule has 1 heterocycles. The second kappa shape index (κ2) is 4.70. The van der Waals surface area contributed by atoms with E-state index < -0.39 is 37.0 Å². The van der Waals surface area contributed by atoms with E-state index >= 15 is 0 Å². The summed E-state index contributed by atoms with van der Waals surface area (Å²) in [6, 6.07) is 0. The molecule has 1 aliphatic heterocycles. The summed E-state index contributed by atoms with van der Waals surface area (Å²) in [5, 5.41) is 27.5. The lowest BCUT2D eigenvalue weighted by atomic mass is 10.0. The Balaban J connectivity index is 2.54. The van der Waals surface area contributed by atoms with E-state index in [0.717, 1.165) is 6.61 Å². The standard InChI is InChI=1S/C8H13O6/c1-4(10)14-6-3-13-5(2-9)7(11)8(6)12/h3,5-9,11-12H,2H2,1H3/t5-,6+,7-,8-/m1/s1. The molecule has 6 heteroatoms. The molecule has 6 nitrogen and oxygen atoms in total. The molecule has 0 aromatic carbocycles. The van der Waals surface area contributed by atoms with Crippen molar-refractivity contribution in [2.75, 3.05) is 6.61 Å². The number of esters is 1. The average molecular weight is 205 g/mol. The van der Waals surface area contributed by atoms with Crippen LogP contribution in [0, 0.1) is 6.61 Å². The first-order valence-electron chi connectivity index (χ1n) is 4.19. The Morgan fingerprint density at radius 1 is 1.50 bits per heavy atom. The monoisotopic (exact) mass is 205 g/mol. The Morgan fingerprint density at radius 2 is 2.14 bits per heavy atom. The molecule has 3 N–H and O–H groups in total. The maximum atomic E-state index is 10.6. The zero-order valence-corrected chi connectivity index (χ0v) is 7.66. The number of carbonyl (C=O) groups excluding carboxylic acids is 1. The lowest BCUT2D eigenvalue weighted by Crippen LogP contribution is -2.53. The fourth-order valence-corrected chi connectivity index (χ4v) is 1.19. The molecule has 1 rings (SSSR count). The Kier molecular flexibility index (Phi) is 3.82. The molecule has 81 valence electrons. The van der Waals surface area contributed by atoms with Gasteiger partial charge >= 0.3 is 5.97 Å². The van der Waals surface area contributed by atoms with E-state index in [-0.39, 0.29) is 0 Å². The summed E-state index contributed by atoms with van der Waals surface area (Å²) in [5.74, 6) is -0.580. The molecule has 0 amide bonds. The highest BCUT2D eigenvalue weighted by atomic mass is 16.6. The molecule has 0 unspecified atom stereocenters. The lowest BCUT2D eigenvalue weighted by molar-refractivity contribution is -0.190. The highest BCUT2D eigenvalue weighted by Crippen LogP contribution is 2.20. The zero-order chi connectivity index (χ0) is 10.7. The Labute approximate surface area is 81.1 Å². The zero-order valence-electron chi connectivity index (χ0n) is 7.66. The molecule has 1 radical (unpaired) electrons. The van der Waals surface area contributed by atoms with Gasteiger partial charge in [0, 0.05) is 6.92 Å². The van der Waals surface area contributed by atoms with Gasteiger partial charge in [-0.2, -0.15) is 0 Å². The smallest absolute Gasteiger partial charge is 0.303 e. The van der Waals surface area contributed by atoms with E-state index in [0.29, 0.717) is 0 Å². The van der Waals surface area contributed by atoms with Gasteiger partial charge in [-0.1, -0.05) is 0 Å². The van der Waals surface area contributed by atoms with Crippen LogP contribution >= 0.6 is 0 Å². The van der Waals surface area contributed by atoms with Crippen molar-refractivity contribution >= 4 is 5.97 Å². The molecule has 0 bridgehead atoms. The molecular weight excluding hydrogens is 192 g/mol. The Bertz CT molecular complexity index is 206. The third-order valence-electron chi connectivity index (χ3n) is 1.94. The highest BCUT2D eigenvalue weighted by molar-refractivity contribution is 5.66. The number of hydrogen-bond acceptors (Lipinski definition) is 6. The van der Waals surface area contributed by atoms with Crippen LogP contribution in [0.4, 0.5) is 0 Å². The van der Waals surface area contributed by atoms with Crippen molar-refractivity contribution in [3.05, 3.63) is 6.61 Å². The minimum Gasteiger partial charge on any atom is -0.457 e. The predicted molar refractivity (Wildman–Crippen MR) is 43.8 cm³/mol. The second-order valence-electron chi connectivity index (χ2n) is 3.05. The van der Waals surface area contributed by atoms with Crippen LogP contribution in [0.2, 0.25) is 0 Å². The van der Waals surface area contributed by atoms with Gasteiger partial charge in [0.25, 0.3) is 0 Å². The quantitative estimate of drug-likeness (QED) is 0.460. The summed E-state index contributed by atoms with van der Waals surface area (Å²) in [4.78, 5) is 10.6. The predicted octanol–water partition coefficient (Wildman–Crippen LogP) is -1.81. The summed E-state index contributed by atoms with van der Waals surface area (Å²) in [7, 11) is 0. The molecule has 14 heavy (non-hydrogen) atoms. The topological polar surface area (TPSA) is 96.2 Å². The number of hydrogen-bond donors (Lipinski definition) is 3. The maximum absolute atomic E-state index is 10.6. The van der Waals surface area contributed by atoms with Crippen LogP contribution in [-0.2, 0) is 14.3 Å². The van der Waals surface area contributed by atoms with E-state index in [9.17, 15) is 15.0 Å². The maximum Gasteiger partial charge on any atom is 0.303 e. The number of aliphatic hydroxyl groups excluding tert-OH is 3. The van der Waals surface area contributed by atoms with Crippen molar-refractivity contribution < 1.29 is 29.6 Å². The SMILES string of the molecule is CC(=O)O[C@H]1[CH]O[C@H](CO)[C@@H](O)[C@@H]1O. The van der Waals surface area contributed by atoms with Gasteiger partial charge < -0.3 is 24.8 Å². The molecular formula is C8H13O6. The average Bonchev–Trinajstić information content (AvgIpc) is 2.13.